The summed E-state index contributed by atoms with van der Waals surface area (Å²) < 4.78 is 6.83. The van der Waals surface area contributed by atoms with Crippen molar-refractivity contribution in [2.75, 3.05) is 26.2 Å². The Morgan fingerprint density at radius 3 is 2.64 bits per heavy atom. The lowest BCUT2D eigenvalue weighted by molar-refractivity contribution is -0.143. The number of ketones is 1. The third-order valence-electron chi connectivity index (χ3n) is 4.37. The molecule has 2 rings (SSSR count). The highest BCUT2D eigenvalue weighted by molar-refractivity contribution is 5.96. The number of carbonyl (C=O) groups is 2. The lowest BCUT2D eigenvalue weighted by atomic mass is 9.92. The van der Waals surface area contributed by atoms with E-state index >= 15 is 0 Å². The molecule has 122 valence electrons. The maximum absolute atomic E-state index is 12.2. The van der Waals surface area contributed by atoms with Crippen molar-refractivity contribution in [3.8, 4) is 0 Å². The van der Waals surface area contributed by atoms with Crippen LogP contribution in [0.5, 0.6) is 0 Å². The Kier molecular flexibility index (Phi) is 6.19. The number of esters is 1. The highest BCUT2D eigenvalue weighted by Crippen LogP contribution is 2.22. The minimum Gasteiger partial charge on any atom is -0.466 e. The molecule has 0 aromatic carbocycles. The van der Waals surface area contributed by atoms with Gasteiger partial charge in [0.1, 0.15) is 0 Å². The summed E-state index contributed by atoms with van der Waals surface area (Å²) in [5.41, 5.74) is 0.768. The first-order valence-electron chi connectivity index (χ1n) is 8.12. The highest BCUT2D eigenvalue weighted by atomic mass is 16.5. The van der Waals surface area contributed by atoms with Crippen molar-refractivity contribution < 1.29 is 14.3 Å². The number of ether oxygens (including phenoxy) is 1. The van der Waals surface area contributed by atoms with Gasteiger partial charge in [-0.2, -0.15) is 0 Å². The topological polar surface area (TPSA) is 51.5 Å². The van der Waals surface area contributed by atoms with Crippen LogP contribution in [0.4, 0.5) is 0 Å². The number of piperidine rings is 1. The van der Waals surface area contributed by atoms with E-state index in [1.807, 2.05) is 36.9 Å². The first-order chi connectivity index (χ1) is 10.6. The van der Waals surface area contributed by atoms with Gasteiger partial charge in [-0.3, -0.25) is 14.5 Å². The minimum absolute atomic E-state index is 0.0937. The number of aromatic nitrogens is 1. The van der Waals surface area contributed by atoms with E-state index < -0.39 is 0 Å². The first kappa shape index (κ1) is 16.7. The molecule has 0 aliphatic carbocycles. The molecule has 1 fully saturated rings. The van der Waals surface area contributed by atoms with Crippen LogP contribution in [0.2, 0.25) is 0 Å². The van der Waals surface area contributed by atoms with Gasteiger partial charge in [-0.05, 0) is 57.3 Å². The fourth-order valence-electron chi connectivity index (χ4n) is 3.02. The second-order valence-corrected chi connectivity index (χ2v) is 5.99. The molecule has 1 aliphatic rings. The summed E-state index contributed by atoms with van der Waals surface area (Å²) in [5, 5.41) is 0. The SMILES string of the molecule is CCOC(=O)CCC1CCN(CC(=O)c2cccn2C)CC1. The van der Waals surface area contributed by atoms with Gasteiger partial charge in [-0.25, -0.2) is 0 Å². The number of rotatable bonds is 7. The zero-order valence-electron chi connectivity index (χ0n) is 13.6. The Bertz CT molecular complexity index is 502. The summed E-state index contributed by atoms with van der Waals surface area (Å²) >= 11 is 0. The van der Waals surface area contributed by atoms with Crippen LogP contribution in [0.25, 0.3) is 0 Å². The molecule has 5 heteroatoms. The molecule has 5 nitrogen and oxygen atoms in total. The summed E-state index contributed by atoms with van der Waals surface area (Å²) in [7, 11) is 1.90. The minimum atomic E-state index is -0.0937. The van der Waals surface area contributed by atoms with Crippen LogP contribution >= 0.6 is 0 Å². The molecule has 1 aromatic heterocycles. The number of hydrogen-bond donors (Lipinski definition) is 0. The van der Waals surface area contributed by atoms with Crippen molar-refractivity contribution in [1.82, 2.24) is 9.47 Å². The second-order valence-electron chi connectivity index (χ2n) is 5.99. The van der Waals surface area contributed by atoms with Gasteiger partial charge >= 0.3 is 5.97 Å². The van der Waals surface area contributed by atoms with Crippen LogP contribution in [0.1, 0.15) is 43.1 Å². The fraction of sp³-hybridized carbons (Fsp3) is 0.647. The van der Waals surface area contributed by atoms with Gasteiger partial charge in [0.25, 0.3) is 0 Å². The number of nitrogens with zero attached hydrogens (tertiary/aromatic N) is 2. The molecule has 0 radical (unpaired) electrons. The van der Waals surface area contributed by atoms with Gasteiger partial charge < -0.3 is 9.30 Å². The predicted molar refractivity (Wildman–Crippen MR) is 84.8 cm³/mol. The summed E-state index contributed by atoms with van der Waals surface area (Å²) in [4.78, 5) is 25.8. The quantitative estimate of drug-likeness (QED) is 0.573. The molecular weight excluding hydrogens is 280 g/mol. The molecule has 1 aromatic rings. The number of hydrogen-bond acceptors (Lipinski definition) is 4. The fourth-order valence-corrected chi connectivity index (χ4v) is 3.02. The lowest BCUT2D eigenvalue weighted by Crippen LogP contribution is -2.37. The Morgan fingerprint density at radius 1 is 1.32 bits per heavy atom. The first-order valence-corrected chi connectivity index (χ1v) is 8.12. The van der Waals surface area contributed by atoms with Crippen molar-refractivity contribution in [2.45, 2.75) is 32.6 Å². The third-order valence-corrected chi connectivity index (χ3v) is 4.37. The van der Waals surface area contributed by atoms with Crippen LogP contribution in [0, 0.1) is 5.92 Å². The van der Waals surface area contributed by atoms with Crippen molar-refractivity contribution in [2.24, 2.45) is 13.0 Å². The van der Waals surface area contributed by atoms with Gasteiger partial charge in [-0.15, -0.1) is 0 Å². The molecule has 0 bridgehead atoms. The van der Waals surface area contributed by atoms with E-state index in [1.54, 1.807) is 0 Å². The molecule has 0 amide bonds. The van der Waals surface area contributed by atoms with Crippen LogP contribution in [-0.2, 0) is 16.6 Å². The molecule has 0 saturated carbocycles. The van der Waals surface area contributed by atoms with Crippen molar-refractivity contribution in [1.29, 1.82) is 0 Å². The van der Waals surface area contributed by atoms with Crippen molar-refractivity contribution in [3.63, 3.8) is 0 Å². The number of aryl methyl sites for hydroxylation is 1. The highest BCUT2D eigenvalue weighted by Gasteiger charge is 2.22. The largest absolute Gasteiger partial charge is 0.466 e. The average molecular weight is 306 g/mol. The standard InChI is InChI=1S/C17H26N2O3/c1-3-22-17(21)7-6-14-8-11-19(12-9-14)13-16(20)15-5-4-10-18(15)2/h4-5,10,14H,3,6-9,11-13H2,1-2H3. The maximum Gasteiger partial charge on any atom is 0.305 e. The Morgan fingerprint density at radius 2 is 2.05 bits per heavy atom. The Hall–Kier alpha value is -1.62. The summed E-state index contributed by atoms with van der Waals surface area (Å²) in [6.45, 7) is 4.65. The smallest absolute Gasteiger partial charge is 0.305 e. The van der Waals surface area contributed by atoms with E-state index in [4.69, 9.17) is 4.74 Å². The van der Waals surface area contributed by atoms with Crippen molar-refractivity contribution in [3.05, 3.63) is 24.0 Å². The number of carbonyl (C=O) groups excluding carboxylic acids is 2. The van der Waals surface area contributed by atoms with Crippen molar-refractivity contribution >= 4 is 11.8 Å². The van der Waals surface area contributed by atoms with E-state index in [-0.39, 0.29) is 11.8 Å². The molecule has 2 heterocycles. The number of Topliss-reactive ketones (excluding diaryl/α,β-unsaturated/α-hetero) is 1. The van der Waals surface area contributed by atoms with E-state index in [0.29, 0.717) is 25.5 Å². The molecular formula is C17H26N2O3. The van der Waals surface area contributed by atoms with Gasteiger partial charge in [-0.1, -0.05) is 0 Å². The number of likely N-dealkylation sites (tertiary alicyclic amines) is 1. The molecule has 0 N–H and O–H groups in total. The molecule has 0 atom stereocenters. The molecule has 22 heavy (non-hydrogen) atoms. The zero-order valence-corrected chi connectivity index (χ0v) is 13.6. The van der Waals surface area contributed by atoms with E-state index in [9.17, 15) is 9.59 Å². The molecule has 1 aliphatic heterocycles. The molecule has 1 saturated heterocycles. The van der Waals surface area contributed by atoms with Gasteiger partial charge in [0.2, 0.25) is 0 Å². The lowest BCUT2D eigenvalue weighted by Gasteiger charge is -2.31. The summed E-state index contributed by atoms with van der Waals surface area (Å²) in [6, 6.07) is 3.77. The Balaban J connectivity index is 1.70. The molecule has 0 unspecified atom stereocenters. The molecule has 0 spiro atoms. The van der Waals surface area contributed by atoms with E-state index in [2.05, 4.69) is 4.90 Å². The average Bonchev–Trinajstić information content (AvgIpc) is 2.93. The second kappa shape index (κ2) is 8.13. The van der Waals surface area contributed by atoms with Gasteiger partial charge in [0.15, 0.2) is 5.78 Å². The third kappa shape index (κ3) is 4.70. The van der Waals surface area contributed by atoms with Gasteiger partial charge in [0.05, 0.1) is 18.8 Å². The summed E-state index contributed by atoms with van der Waals surface area (Å²) in [5.74, 6) is 0.659. The Labute approximate surface area is 132 Å². The van der Waals surface area contributed by atoms with E-state index in [0.717, 1.165) is 38.0 Å². The maximum atomic E-state index is 12.2. The van der Waals surface area contributed by atoms with E-state index in [1.165, 1.54) is 0 Å². The van der Waals surface area contributed by atoms with Crippen LogP contribution in [0.15, 0.2) is 18.3 Å². The van der Waals surface area contributed by atoms with Crippen LogP contribution in [-0.4, -0.2) is 47.5 Å². The monoisotopic (exact) mass is 306 g/mol. The zero-order chi connectivity index (χ0) is 15.9. The van der Waals surface area contributed by atoms with Crippen LogP contribution in [0.3, 0.4) is 0 Å². The van der Waals surface area contributed by atoms with Gasteiger partial charge in [0, 0.05) is 19.7 Å². The normalized spacial score (nSPS) is 16.6. The van der Waals surface area contributed by atoms with Crippen LogP contribution < -0.4 is 0 Å². The summed E-state index contributed by atoms with van der Waals surface area (Å²) in [6.07, 6.45) is 5.42. The predicted octanol–water partition coefficient (Wildman–Crippen LogP) is 2.26.